The lowest BCUT2D eigenvalue weighted by Crippen LogP contribution is -2.50. The molecule has 0 saturated carbocycles. The largest absolute Gasteiger partial charge is 0.377 e. The highest BCUT2D eigenvalue weighted by Gasteiger charge is 2.39. The van der Waals surface area contributed by atoms with Crippen molar-refractivity contribution in [3.8, 4) is 0 Å². The molecular weight excluding hydrogens is 220 g/mol. The van der Waals surface area contributed by atoms with Crippen LogP contribution in [0, 0.1) is 5.41 Å². The molecule has 1 aliphatic rings. The van der Waals surface area contributed by atoms with Gasteiger partial charge in [-0.25, -0.2) is 0 Å². The first-order valence-electron chi connectivity index (χ1n) is 5.91. The number of nitrogens with two attached hydrogens (primary N) is 1. The number of rotatable bonds is 3. The molecule has 0 bridgehead atoms. The number of amides is 1. The monoisotopic (exact) mass is 244 g/mol. The highest BCUT2D eigenvalue weighted by atomic mass is 16.5. The van der Waals surface area contributed by atoms with Crippen molar-refractivity contribution in [1.29, 1.82) is 0 Å². The summed E-state index contributed by atoms with van der Waals surface area (Å²) in [5.41, 5.74) is 5.74. The topological polar surface area (TPSA) is 64.8 Å². The zero-order chi connectivity index (χ0) is 13.2. The lowest BCUT2D eigenvalue weighted by molar-refractivity contribution is -0.134. The van der Waals surface area contributed by atoms with Gasteiger partial charge in [0.05, 0.1) is 6.04 Å². The van der Waals surface area contributed by atoms with E-state index in [2.05, 4.69) is 0 Å². The summed E-state index contributed by atoms with van der Waals surface area (Å²) in [6.45, 7) is 7.00. The summed E-state index contributed by atoms with van der Waals surface area (Å²) in [7, 11) is 3.27. The van der Waals surface area contributed by atoms with E-state index in [1.54, 1.807) is 19.1 Å². The fourth-order valence-electron chi connectivity index (χ4n) is 1.94. The quantitative estimate of drug-likeness (QED) is 0.772. The molecule has 5 nitrogen and oxygen atoms in total. The standard InChI is InChI=1S/C12H24N2O3/c1-12(2,3)10(13)11(15)14-6-8(16-4)9(7-14)17-5/h8-10H,6-7,13H2,1-5H3/t8?,9?,10-/m0/s1. The molecule has 2 unspecified atom stereocenters. The van der Waals surface area contributed by atoms with Crippen molar-refractivity contribution in [2.45, 2.75) is 39.0 Å². The van der Waals surface area contributed by atoms with Crippen LogP contribution in [0.25, 0.3) is 0 Å². The normalized spacial score (nSPS) is 27.3. The molecule has 0 aliphatic carbocycles. The molecule has 3 atom stereocenters. The van der Waals surface area contributed by atoms with E-state index in [4.69, 9.17) is 15.2 Å². The fraction of sp³-hybridized carbons (Fsp3) is 0.917. The van der Waals surface area contributed by atoms with Crippen LogP contribution in [0.5, 0.6) is 0 Å². The molecule has 1 amide bonds. The molecule has 5 heteroatoms. The van der Waals surface area contributed by atoms with Crippen LogP contribution in [0.3, 0.4) is 0 Å². The predicted molar refractivity (Wildman–Crippen MR) is 65.6 cm³/mol. The summed E-state index contributed by atoms with van der Waals surface area (Å²) in [6.07, 6.45) is -0.118. The number of hydrogen-bond acceptors (Lipinski definition) is 4. The molecule has 0 spiro atoms. The Bertz CT molecular complexity index is 263. The van der Waals surface area contributed by atoms with Gasteiger partial charge >= 0.3 is 0 Å². The molecule has 1 saturated heterocycles. The molecule has 1 rings (SSSR count). The van der Waals surface area contributed by atoms with E-state index < -0.39 is 6.04 Å². The average Bonchev–Trinajstić information content (AvgIpc) is 2.68. The highest BCUT2D eigenvalue weighted by molar-refractivity contribution is 5.82. The van der Waals surface area contributed by atoms with Crippen LogP contribution in [0.2, 0.25) is 0 Å². The first kappa shape index (κ1) is 14.4. The van der Waals surface area contributed by atoms with Crippen molar-refractivity contribution in [2.75, 3.05) is 27.3 Å². The Morgan fingerprint density at radius 3 is 1.94 bits per heavy atom. The average molecular weight is 244 g/mol. The van der Waals surface area contributed by atoms with Gasteiger partial charge in [-0.1, -0.05) is 20.8 Å². The summed E-state index contributed by atoms with van der Waals surface area (Å²) < 4.78 is 10.6. The maximum atomic E-state index is 12.2. The van der Waals surface area contributed by atoms with Crippen molar-refractivity contribution >= 4 is 5.91 Å². The van der Waals surface area contributed by atoms with Crippen molar-refractivity contribution in [3.05, 3.63) is 0 Å². The lowest BCUT2D eigenvalue weighted by Gasteiger charge is -2.29. The third-order valence-electron chi connectivity index (χ3n) is 3.33. The van der Waals surface area contributed by atoms with Crippen LogP contribution < -0.4 is 5.73 Å². The zero-order valence-electron chi connectivity index (χ0n) is 11.4. The van der Waals surface area contributed by atoms with Gasteiger partial charge in [0.1, 0.15) is 12.2 Å². The molecule has 0 aromatic heterocycles. The van der Waals surface area contributed by atoms with Crippen molar-refractivity contribution in [3.63, 3.8) is 0 Å². The van der Waals surface area contributed by atoms with Crippen molar-refractivity contribution in [1.82, 2.24) is 4.90 Å². The zero-order valence-corrected chi connectivity index (χ0v) is 11.4. The summed E-state index contributed by atoms with van der Waals surface area (Å²) >= 11 is 0. The Labute approximate surface area is 103 Å². The van der Waals surface area contributed by atoms with Gasteiger partial charge in [-0.05, 0) is 5.41 Å². The Hall–Kier alpha value is -0.650. The maximum absolute atomic E-state index is 12.2. The number of methoxy groups -OCH3 is 2. The Morgan fingerprint density at radius 1 is 1.24 bits per heavy atom. The number of carbonyl (C=O) groups is 1. The SMILES string of the molecule is COC1CN(C(=O)[C@H](N)C(C)(C)C)CC1OC. The third kappa shape index (κ3) is 3.18. The molecule has 0 radical (unpaired) electrons. The van der Waals surface area contributed by atoms with E-state index in [1.807, 2.05) is 20.8 Å². The van der Waals surface area contributed by atoms with Crippen molar-refractivity contribution in [2.24, 2.45) is 11.1 Å². The molecule has 17 heavy (non-hydrogen) atoms. The number of nitrogens with zero attached hydrogens (tertiary/aromatic N) is 1. The van der Waals surface area contributed by atoms with Gasteiger partial charge < -0.3 is 20.1 Å². The molecule has 1 aliphatic heterocycles. The molecule has 0 aromatic rings. The third-order valence-corrected chi connectivity index (χ3v) is 3.33. The minimum Gasteiger partial charge on any atom is -0.377 e. The maximum Gasteiger partial charge on any atom is 0.240 e. The summed E-state index contributed by atoms with van der Waals surface area (Å²) in [4.78, 5) is 13.9. The Kier molecular flexibility index (Phi) is 4.52. The number of ether oxygens (including phenoxy) is 2. The molecular formula is C12H24N2O3. The smallest absolute Gasteiger partial charge is 0.240 e. The summed E-state index contributed by atoms with van der Waals surface area (Å²) in [6, 6.07) is -0.490. The molecule has 100 valence electrons. The minimum atomic E-state index is -0.490. The minimum absolute atomic E-state index is 0.0286. The highest BCUT2D eigenvalue weighted by Crippen LogP contribution is 2.22. The van der Waals surface area contributed by atoms with Crippen LogP contribution in [-0.4, -0.2) is 56.4 Å². The number of hydrogen-bond donors (Lipinski definition) is 1. The number of likely N-dealkylation sites (tertiary alicyclic amines) is 1. The molecule has 1 heterocycles. The van der Waals surface area contributed by atoms with Gasteiger partial charge in [0, 0.05) is 27.3 Å². The predicted octanol–water partition coefficient (Wildman–Crippen LogP) is 0.232. The van der Waals surface area contributed by atoms with Gasteiger partial charge in [-0.2, -0.15) is 0 Å². The molecule has 1 fully saturated rings. The van der Waals surface area contributed by atoms with Gasteiger partial charge in [0.15, 0.2) is 0 Å². The summed E-state index contributed by atoms with van der Waals surface area (Å²) in [5, 5.41) is 0. The van der Waals surface area contributed by atoms with Crippen LogP contribution in [-0.2, 0) is 14.3 Å². The van der Waals surface area contributed by atoms with E-state index in [1.165, 1.54) is 0 Å². The van der Waals surface area contributed by atoms with Crippen LogP contribution in [0.4, 0.5) is 0 Å². The van der Waals surface area contributed by atoms with Gasteiger partial charge in [-0.3, -0.25) is 4.79 Å². The summed E-state index contributed by atoms with van der Waals surface area (Å²) in [5.74, 6) is -0.0286. The molecule has 0 aromatic carbocycles. The van der Waals surface area contributed by atoms with Gasteiger partial charge in [0.2, 0.25) is 5.91 Å². The van der Waals surface area contributed by atoms with E-state index in [0.717, 1.165) is 0 Å². The first-order valence-corrected chi connectivity index (χ1v) is 5.91. The van der Waals surface area contributed by atoms with Gasteiger partial charge in [0.25, 0.3) is 0 Å². The first-order chi connectivity index (χ1) is 7.81. The van der Waals surface area contributed by atoms with Crippen LogP contribution in [0.15, 0.2) is 0 Å². The number of carbonyl (C=O) groups excluding carboxylic acids is 1. The second-order valence-electron chi connectivity index (χ2n) is 5.64. The van der Waals surface area contributed by atoms with Crippen LogP contribution >= 0.6 is 0 Å². The Morgan fingerprint density at radius 2 is 1.65 bits per heavy atom. The fourth-order valence-corrected chi connectivity index (χ4v) is 1.94. The van der Waals surface area contributed by atoms with E-state index in [0.29, 0.717) is 13.1 Å². The van der Waals surface area contributed by atoms with Gasteiger partial charge in [-0.15, -0.1) is 0 Å². The molecule has 2 N–H and O–H groups in total. The van der Waals surface area contributed by atoms with Crippen molar-refractivity contribution < 1.29 is 14.3 Å². The van der Waals surface area contributed by atoms with E-state index in [9.17, 15) is 4.79 Å². The Balaban J connectivity index is 2.67. The lowest BCUT2D eigenvalue weighted by atomic mass is 9.86. The second kappa shape index (κ2) is 5.33. The van der Waals surface area contributed by atoms with E-state index >= 15 is 0 Å². The second-order valence-corrected chi connectivity index (χ2v) is 5.64. The van der Waals surface area contributed by atoms with Crippen LogP contribution in [0.1, 0.15) is 20.8 Å². The van der Waals surface area contributed by atoms with E-state index in [-0.39, 0.29) is 23.5 Å².